The van der Waals surface area contributed by atoms with E-state index < -0.39 is 0 Å². The Balaban J connectivity index is 1.28. The van der Waals surface area contributed by atoms with Gasteiger partial charge in [-0.25, -0.2) is 0 Å². The van der Waals surface area contributed by atoms with Gasteiger partial charge in [-0.05, 0) is 46.5 Å². The smallest absolute Gasteiger partial charge is 0.242 e. The molecule has 1 aliphatic rings. The Hall–Kier alpha value is -5.38. The highest BCUT2D eigenvalue weighted by Gasteiger charge is 2.33. The molecule has 0 saturated carbocycles. The standard InChI is InChI=1S/C42H26BNS/c1-2-11-27(12-3-1)28-13-10-14-30(25-28)44-39-24-21-29(43-37-18-7-4-15-31(37)32-16-5-8-19-38(32)43)26-36(39)34-22-23-35-33-17-6-9-20-40(33)45-42(35)41(34)44/h1-26H. The van der Waals surface area contributed by atoms with E-state index in [-0.39, 0.29) is 6.71 Å². The summed E-state index contributed by atoms with van der Waals surface area (Å²) in [6.45, 7) is 0.217. The van der Waals surface area contributed by atoms with Gasteiger partial charge in [0, 0.05) is 31.9 Å². The number of fused-ring (bicyclic) bond motifs is 10. The number of hydrogen-bond acceptors (Lipinski definition) is 1. The molecule has 0 atom stereocenters. The lowest BCUT2D eigenvalue weighted by atomic mass is 9.39. The lowest BCUT2D eigenvalue weighted by Crippen LogP contribution is -2.48. The average molecular weight is 588 g/mol. The van der Waals surface area contributed by atoms with Crippen molar-refractivity contribution >= 4 is 76.4 Å². The first-order valence-electron chi connectivity index (χ1n) is 15.6. The van der Waals surface area contributed by atoms with Crippen molar-refractivity contribution < 1.29 is 0 Å². The Morgan fingerprint density at radius 2 is 1.16 bits per heavy atom. The minimum absolute atomic E-state index is 0.217. The van der Waals surface area contributed by atoms with Gasteiger partial charge in [-0.3, -0.25) is 0 Å². The van der Waals surface area contributed by atoms with Gasteiger partial charge in [0.25, 0.3) is 0 Å². The minimum atomic E-state index is 0.217. The fourth-order valence-corrected chi connectivity index (χ4v) is 8.96. The van der Waals surface area contributed by atoms with Crippen LogP contribution in [0.5, 0.6) is 0 Å². The highest BCUT2D eigenvalue weighted by molar-refractivity contribution is 7.26. The largest absolute Gasteiger partial charge is 0.308 e. The molecule has 2 aromatic heterocycles. The summed E-state index contributed by atoms with van der Waals surface area (Å²) in [6.07, 6.45) is 0. The molecule has 0 amide bonds. The molecule has 0 N–H and O–H groups in total. The van der Waals surface area contributed by atoms with Crippen molar-refractivity contribution in [3.63, 3.8) is 0 Å². The van der Waals surface area contributed by atoms with Gasteiger partial charge in [0.2, 0.25) is 6.71 Å². The van der Waals surface area contributed by atoms with E-state index in [0.717, 1.165) is 0 Å². The van der Waals surface area contributed by atoms with E-state index in [1.54, 1.807) is 0 Å². The van der Waals surface area contributed by atoms with Crippen LogP contribution in [0.3, 0.4) is 0 Å². The Morgan fingerprint density at radius 3 is 1.98 bits per heavy atom. The highest BCUT2D eigenvalue weighted by atomic mass is 32.1. The maximum atomic E-state index is 2.51. The third-order valence-corrected chi connectivity index (χ3v) is 10.9. The number of thiophene rings is 1. The van der Waals surface area contributed by atoms with Gasteiger partial charge in [0.05, 0.1) is 15.7 Å². The van der Waals surface area contributed by atoms with Crippen LogP contribution in [0.15, 0.2) is 158 Å². The molecule has 10 rings (SSSR count). The molecule has 0 saturated heterocycles. The molecule has 7 aromatic carbocycles. The topological polar surface area (TPSA) is 4.93 Å². The van der Waals surface area contributed by atoms with Crippen LogP contribution in [0.1, 0.15) is 0 Å². The summed E-state index contributed by atoms with van der Waals surface area (Å²) in [5.41, 5.74) is 13.0. The van der Waals surface area contributed by atoms with Crippen molar-refractivity contribution in [1.29, 1.82) is 0 Å². The van der Waals surface area contributed by atoms with Crippen molar-refractivity contribution in [2.75, 3.05) is 0 Å². The van der Waals surface area contributed by atoms with Gasteiger partial charge in [-0.15, -0.1) is 11.3 Å². The first kappa shape index (κ1) is 25.0. The predicted molar refractivity (Wildman–Crippen MR) is 196 cm³/mol. The molecule has 0 spiro atoms. The second kappa shape index (κ2) is 9.56. The first-order chi connectivity index (χ1) is 22.3. The van der Waals surface area contributed by atoms with E-state index in [1.165, 1.54) is 86.3 Å². The van der Waals surface area contributed by atoms with Gasteiger partial charge < -0.3 is 4.57 Å². The maximum Gasteiger partial charge on any atom is 0.242 e. The van der Waals surface area contributed by atoms with Crippen LogP contribution >= 0.6 is 11.3 Å². The van der Waals surface area contributed by atoms with Gasteiger partial charge in [-0.1, -0.05) is 150 Å². The molecule has 0 aliphatic carbocycles. The third-order valence-electron chi connectivity index (χ3n) is 9.67. The van der Waals surface area contributed by atoms with Crippen molar-refractivity contribution in [3.05, 3.63) is 158 Å². The predicted octanol–water partition coefficient (Wildman–Crippen LogP) is 9.32. The summed E-state index contributed by atoms with van der Waals surface area (Å²) in [6, 6.07) is 58.3. The molecule has 3 heterocycles. The summed E-state index contributed by atoms with van der Waals surface area (Å²) >= 11 is 1.91. The van der Waals surface area contributed by atoms with Gasteiger partial charge in [0.1, 0.15) is 0 Å². The summed E-state index contributed by atoms with van der Waals surface area (Å²) in [4.78, 5) is 0. The fourth-order valence-electron chi connectivity index (χ4n) is 7.72. The van der Waals surface area contributed by atoms with E-state index in [0.29, 0.717) is 0 Å². The van der Waals surface area contributed by atoms with Crippen LogP contribution < -0.4 is 16.4 Å². The Bertz CT molecular complexity index is 2560. The number of benzene rings is 7. The molecule has 0 unspecified atom stereocenters. The van der Waals surface area contributed by atoms with E-state index in [4.69, 9.17) is 0 Å². The van der Waals surface area contributed by atoms with Gasteiger partial charge >= 0.3 is 0 Å². The lowest BCUT2D eigenvalue weighted by Gasteiger charge is -2.13. The Kier molecular flexibility index (Phi) is 5.31. The fraction of sp³-hybridized carbons (Fsp3) is 0. The molecule has 45 heavy (non-hydrogen) atoms. The zero-order chi connectivity index (χ0) is 29.5. The number of nitrogens with zero attached hydrogens (tertiary/aromatic N) is 1. The number of rotatable bonds is 3. The van der Waals surface area contributed by atoms with Crippen LogP contribution in [-0.4, -0.2) is 11.3 Å². The third kappa shape index (κ3) is 3.62. The van der Waals surface area contributed by atoms with E-state index in [9.17, 15) is 0 Å². The molecule has 3 heteroatoms. The molecule has 0 bridgehead atoms. The van der Waals surface area contributed by atoms with Crippen LogP contribution in [0.4, 0.5) is 0 Å². The monoisotopic (exact) mass is 587 g/mol. The minimum Gasteiger partial charge on any atom is -0.308 e. The average Bonchev–Trinajstić information content (AvgIpc) is 3.76. The van der Waals surface area contributed by atoms with Gasteiger partial charge in [0.15, 0.2) is 0 Å². The van der Waals surface area contributed by atoms with Crippen molar-refractivity contribution in [1.82, 2.24) is 4.57 Å². The first-order valence-corrected chi connectivity index (χ1v) is 16.4. The summed E-state index contributed by atoms with van der Waals surface area (Å²) < 4.78 is 5.18. The van der Waals surface area contributed by atoms with Crippen LogP contribution in [0.25, 0.3) is 69.9 Å². The molecule has 9 aromatic rings. The summed E-state index contributed by atoms with van der Waals surface area (Å²) in [5.74, 6) is 0. The lowest BCUT2D eigenvalue weighted by molar-refractivity contribution is 1.19. The van der Waals surface area contributed by atoms with Crippen molar-refractivity contribution in [2.45, 2.75) is 0 Å². The molecule has 1 nitrogen and oxygen atoms in total. The van der Waals surface area contributed by atoms with Crippen LogP contribution in [0, 0.1) is 0 Å². The van der Waals surface area contributed by atoms with E-state index in [1.807, 2.05) is 11.3 Å². The van der Waals surface area contributed by atoms with E-state index >= 15 is 0 Å². The molecule has 1 aliphatic heterocycles. The zero-order valence-corrected chi connectivity index (χ0v) is 25.3. The number of hydrogen-bond donors (Lipinski definition) is 0. The normalized spacial score (nSPS) is 12.4. The van der Waals surface area contributed by atoms with Crippen LogP contribution in [-0.2, 0) is 0 Å². The number of aromatic nitrogens is 1. The van der Waals surface area contributed by atoms with Crippen molar-refractivity contribution in [3.8, 4) is 27.9 Å². The molecule has 208 valence electrons. The van der Waals surface area contributed by atoms with Crippen molar-refractivity contribution in [2.24, 2.45) is 0 Å². The molecular weight excluding hydrogens is 561 g/mol. The molecule has 0 fully saturated rings. The second-order valence-electron chi connectivity index (χ2n) is 12.1. The Labute approximate surface area is 265 Å². The second-order valence-corrected chi connectivity index (χ2v) is 13.1. The molecular formula is C42H26BNS. The quantitative estimate of drug-likeness (QED) is 0.182. The summed E-state index contributed by atoms with van der Waals surface area (Å²) in [7, 11) is 0. The van der Waals surface area contributed by atoms with Gasteiger partial charge in [-0.2, -0.15) is 0 Å². The van der Waals surface area contributed by atoms with E-state index in [2.05, 4.69) is 162 Å². The summed E-state index contributed by atoms with van der Waals surface area (Å²) in [5, 5.41) is 5.25. The zero-order valence-electron chi connectivity index (χ0n) is 24.4. The van der Waals surface area contributed by atoms with Crippen LogP contribution in [0.2, 0.25) is 0 Å². The SMILES string of the molecule is c1ccc(-c2cccc(-n3c4ccc(B5c6ccccc6-c6ccccc65)cc4c4ccc5c6ccccc6sc5c43)c2)cc1. The Morgan fingerprint density at radius 1 is 0.467 bits per heavy atom. The molecule has 0 radical (unpaired) electrons. The maximum absolute atomic E-state index is 2.51. The highest BCUT2D eigenvalue weighted by Crippen LogP contribution is 2.43.